The average molecular weight is 267 g/mol. The second kappa shape index (κ2) is 3.57. The van der Waals surface area contributed by atoms with Gasteiger partial charge in [0.05, 0.1) is 0 Å². The van der Waals surface area contributed by atoms with Crippen molar-refractivity contribution in [1.82, 2.24) is 9.13 Å². The molecule has 1 aliphatic heterocycles. The first-order valence-corrected chi connectivity index (χ1v) is 9.04. The van der Waals surface area contributed by atoms with E-state index in [2.05, 4.69) is 50.7 Å². The summed E-state index contributed by atoms with van der Waals surface area (Å²) in [7, 11) is -2.57. The fraction of sp³-hybridized carbons (Fsp3) is 0.800. The van der Waals surface area contributed by atoms with Crippen molar-refractivity contribution < 1.29 is 0 Å². The molecule has 0 amide bonds. The summed E-state index contributed by atoms with van der Waals surface area (Å²) in [5.74, 6) is 0. The second-order valence-corrected chi connectivity index (χ2v) is 11.6. The van der Waals surface area contributed by atoms with Crippen LogP contribution >= 0.6 is 22.2 Å². The van der Waals surface area contributed by atoms with Crippen molar-refractivity contribution in [2.45, 2.75) is 52.6 Å². The molecule has 0 N–H and O–H groups in total. The minimum Gasteiger partial charge on any atom is -0.357 e. The molecule has 0 bridgehead atoms. The molecule has 1 aliphatic rings. The molecule has 0 atom stereocenters. The Bertz CT molecular complexity index is 250. The van der Waals surface area contributed by atoms with Crippen LogP contribution in [0.25, 0.3) is 0 Å². The zero-order valence-corrected chi connectivity index (χ0v) is 12.8. The Hall–Kier alpha value is 0.137. The van der Waals surface area contributed by atoms with E-state index in [1.807, 2.05) is 12.4 Å². The van der Waals surface area contributed by atoms with Gasteiger partial charge in [0.2, 0.25) is 0 Å². The molecule has 0 aromatic heterocycles. The van der Waals surface area contributed by atoms with Crippen LogP contribution in [0.4, 0.5) is 0 Å². The summed E-state index contributed by atoms with van der Waals surface area (Å²) in [5.41, 5.74) is -0.0710. The van der Waals surface area contributed by atoms with E-state index < -0.39 is 7.02 Å². The largest absolute Gasteiger partial charge is 0.469 e. The molecule has 0 aliphatic carbocycles. The van der Waals surface area contributed by atoms with E-state index in [0.29, 0.717) is 0 Å². The van der Waals surface area contributed by atoms with Gasteiger partial charge in [-0.3, -0.25) is 0 Å². The molecule has 0 spiro atoms. The zero-order valence-electron chi connectivity index (χ0n) is 10.3. The summed E-state index contributed by atoms with van der Waals surface area (Å²) in [4.78, 5) is 0. The fourth-order valence-corrected chi connectivity index (χ4v) is 7.74. The molecule has 0 unspecified atom stereocenters. The molecule has 0 fully saturated rings. The molecule has 1 rings (SSSR count). The molecule has 5 heteroatoms. The normalized spacial score (nSPS) is 21.3. The molecule has 1 heterocycles. The predicted octanol–water partition coefficient (Wildman–Crippen LogP) is 3.59. The Balaban J connectivity index is 3.01. The highest BCUT2D eigenvalue weighted by Crippen LogP contribution is 2.40. The van der Waals surface area contributed by atoms with Crippen molar-refractivity contribution in [3.63, 3.8) is 0 Å². The van der Waals surface area contributed by atoms with E-state index in [0.717, 1.165) is 0 Å². The van der Waals surface area contributed by atoms with Crippen LogP contribution in [0.2, 0.25) is 0 Å². The van der Waals surface area contributed by atoms with Gasteiger partial charge in [-0.05, 0) is 41.5 Å². The Kier molecular flexibility index (Phi) is 3.14. The van der Waals surface area contributed by atoms with Gasteiger partial charge >= 0.3 is 7.02 Å². The lowest BCUT2D eigenvalue weighted by Gasteiger charge is -2.45. The Morgan fingerprint density at radius 1 is 0.800 bits per heavy atom. The van der Waals surface area contributed by atoms with Gasteiger partial charge in [-0.2, -0.15) is 0 Å². The van der Waals surface area contributed by atoms with Gasteiger partial charge in [0.15, 0.2) is 0 Å². The highest BCUT2D eigenvalue weighted by atomic mass is 35.7. The molecule has 0 aromatic rings. The van der Waals surface area contributed by atoms with Crippen molar-refractivity contribution in [3.05, 3.63) is 12.4 Å². The molecule has 2 nitrogen and oxygen atoms in total. The third-order valence-electron chi connectivity index (χ3n) is 2.39. The van der Waals surface area contributed by atoms with Crippen LogP contribution in [-0.2, 0) is 0 Å². The molecular formula is C10H20Cl2N2Si. The first kappa shape index (κ1) is 13.2. The summed E-state index contributed by atoms with van der Waals surface area (Å²) in [6.45, 7) is 12.7. The van der Waals surface area contributed by atoms with Crippen LogP contribution in [0.15, 0.2) is 12.4 Å². The van der Waals surface area contributed by atoms with Crippen molar-refractivity contribution in [2.75, 3.05) is 0 Å². The average Bonchev–Trinajstić information content (AvgIpc) is 2.21. The van der Waals surface area contributed by atoms with Crippen LogP contribution in [0.3, 0.4) is 0 Å². The van der Waals surface area contributed by atoms with Gasteiger partial charge in [-0.15, -0.1) is 0 Å². The highest BCUT2D eigenvalue weighted by Gasteiger charge is 2.52. The summed E-state index contributed by atoms with van der Waals surface area (Å²) >= 11 is 13.1. The van der Waals surface area contributed by atoms with Gasteiger partial charge < -0.3 is 9.13 Å². The smallest absolute Gasteiger partial charge is 0.357 e. The van der Waals surface area contributed by atoms with Crippen LogP contribution in [0.5, 0.6) is 0 Å². The summed E-state index contributed by atoms with van der Waals surface area (Å²) in [6.07, 6.45) is 4.02. The first-order chi connectivity index (χ1) is 6.47. The SMILES string of the molecule is CC(C)(C)N1C=CN(C(C)(C)C)[Si]1(Cl)Cl. The quantitative estimate of drug-likeness (QED) is 0.489. The maximum Gasteiger partial charge on any atom is 0.469 e. The van der Waals surface area contributed by atoms with E-state index in [1.165, 1.54) is 0 Å². The number of nitrogens with zero attached hydrogens (tertiary/aromatic N) is 2. The molecule has 0 saturated heterocycles. The highest BCUT2D eigenvalue weighted by molar-refractivity contribution is 7.43. The van der Waals surface area contributed by atoms with Crippen molar-refractivity contribution in [3.8, 4) is 0 Å². The Morgan fingerprint density at radius 2 is 1.07 bits per heavy atom. The first-order valence-electron chi connectivity index (χ1n) is 5.12. The predicted molar refractivity (Wildman–Crippen MR) is 69.8 cm³/mol. The van der Waals surface area contributed by atoms with E-state index in [4.69, 9.17) is 22.2 Å². The molecule has 0 aromatic carbocycles. The minimum absolute atomic E-state index is 0.0355. The molecule has 88 valence electrons. The standard InChI is InChI=1S/C10H20Cl2N2Si/c1-9(2,3)13-7-8-14(10(4,5)6)15(13,11)12/h7-8H,1-6H3. The van der Waals surface area contributed by atoms with Crippen LogP contribution in [0, 0.1) is 0 Å². The lowest BCUT2D eigenvalue weighted by molar-refractivity contribution is 0.284. The topological polar surface area (TPSA) is 6.48 Å². The van der Waals surface area contributed by atoms with Crippen LogP contribution in [0.1, 0.15) is 41.5 Å². The monoisotopic (exact) mass is 266 g/mol. The van der Waals surface area contributed by atoms with Gasteiger partial charge in [0.25, 0.3) is 0 Å². The molecule has 0 saturated carbocycles. The summed E-state index contributed by atoms with van der Waals surface area (Å²) in [6, 6.07) is 0. The second-order valence-electron chi connectivity index (χ2n) is 5.89. The lowest BCUT2D eigenvalue weighted by Crippen LogP contribution is -2.60. The maximum absolute atomic E-state index is 6.56. The van der Waals surface area contributed by atoms with Crippen molar-refractivity contribution in [2.24, 2.45) is 0 Å². The number of hydrogen-bond donors (Lipinski definition) is 0. The van der Waals surface area contributed by atoms with Gasteiger partial charge in [0, 0.05) is 23.5 Å². The summed E-state index contributed by atoms with van der Waals surface area (Å²) in [5, 5.41) is 0. The van der Waals surface area contributed by atoms with Gasteiger partial charge in [0.1, 0.15) is 0 Å². The molecule has 15 heavy (non-hydrogen) atoms. The fourth-order valence-electron chi connectivity index (χ4n) is 1.68. The van der Waals surface area contributed by atoms with E-state index in [1.54, 1.807) is 0 Å². The lowest BCUT2D eigenvalue weighted by atomic mass is 10.1. The van der Waals surface area contributed by atoms with E-state index in [9.17, 15) is 0 Å². The van der Waals surface area contributed by atoms with Gasteiger partial charge in [-0.1, -0.05) is 22.2 Å². The molecular weight excluding hydrogens is 247 g/mol. The summed E-state index contributed by atoms with van der Waals surface area (Å²) < 4.78 is 4.18. The van der Waals surface area contributed by atoms with Crippen LogP contribution in [-0.4, -0.2) is 27.2 Å². The number of rotatable bonds is 0. The third kappa shape index (κ3) is 2.45. The maximum atomic E-state index is 6.56. The third-order valence-corrected chi connectivity index (χ3v) is 7.37. The zero-order chi connectivity index (χ0) is 12.1. The molecule has 0 radical (unpaired) electrons. The van der Waals surface area contributed by atoms with Crippen LogP contribution < -0.4 is 0 Å². The van der Waals surface area contributed by atoms with E-state index >= 15 is 0 Å². The Labute approximate surface area is 103 Å². The minimum atomic E-state index is -2.57. The number of hydrogen-bond acceptors (Lipinski definition) is 2. The van der Waals surface area contributed by atoms with Crippen molar-refractivity contribution in [1.29, 1.82) is 0 Å². The van der Waals surface area contributed by atoms with Crippen molar-refractivity contribution >= 4 is 29.2 Å². The van der Waals surface area contributed by atoms with Gasteiger partial charge in [-0.25, -0.2) is 0 Å². The number of halogens is 2. The van der Waals surface area contributed by atoms with E-state index in [-0.39, 0.29) is 11.1 Å². The Morgan fingerprint density at radius 3 is 1.20 bits per heavy atom.